The lowest BCUT2D eigenvalue weighted by Gasteiger charge is -2.29. The van der Waals surface area contributed by atoms with Crippen LogP contribution in [-0.4, -0.2) is 45.5 Å². The van der Waals surface area contributed by atoms with Crippen LogP contribution in [0.1, 0.15) is 5.69 Å². The molecule has 1 aliphatic heterocycles. The van der Waals surface area contributed by atoms with Crippen molar-refractivity contribution in [2.24, 2.45) is 0 Å². The number of thioether (sulfide) groups is 1. The van der Waals surface area contributed by atoms with E-state index in [1.165, 1.54) is 11.3 Å². The van der Waals surface area contributed by atoms with Crippen LogP contribution < -0.4 is 10.2 Å². The molecule has 0 atom stereocenters. The van der Waals surface area contributed by atoms with E-state index in [1.54, 1.807) is 12.4 Å². The summed E-state index contributed by atoms with van der Waals surface area (Å²) in [4.78, 5) is 28.1. The van der Waals surface area contributed by atoms with Gasteiger partial charge in [0.1, 0.15) is 5.01 Å². The molecule has 1 saturated heterocycles. The van der Waals surface area contributed by atoms with Gasteiger partial charge in [-0.05, 0) is 24.3 Å². The number of amides is 1. The summed E-state index contributed by atoms with van der Waals surface area (Å²) < 4.78 is 0. The Bertz CT molecular complexity index is 909. The second kappa shape index (κ2) is 8.49. The summed E-state index contributed by atoms with van der Waals surface area (Å²) >= 11 is 3.45. The van der Waals surface area contributed by atoms with Crippen molar-refractivity contribution in [3.8, 4) is 10.7 Å². The second-order valence-electron chi connectivity index (χ2n) is 6.06. The van der Waals surface area contributed by atoms with Gasteiger partial charge >= 0.3 is 0 Å². The number of carbonyl (C=O) groups excluding carboxylic acids is 1. The molecule has 0 aliphatic carbocycles. The van der Waals surface area contributed by atoms with Gasteiger partial charge in [-0.25, -0.2) is 9.97 Å². The van der Waals surface area contributed by atoms with Gasteiger partial charge in [0.15, 0.2) is 5.82 Å². The Morgan fingerprint density at radius 2 is 1.96 bits per heavy atom. The van der Waals surface area contributed by atoms with Crippen LogP contribution in [0.2, 0.25) is 0 Å². The van der Waals surface area contributed by atoms with Gasteiger partial charge in [-0.1, -0.05) is 6.07 Å². The minimum atomic E-state index is -0.0893. The molecule has 4 heterocycles. The molecule has 1 amide bonds. The maximum atomic E-state index is 12.6. The molecule has 0 spiro atoms. The maximum absolute atomic E-state index is 12.6. The lowest BCUT2D eigenvalue weighted by Crippen LogP contribution is -2.34. The Balaban J connectivity index is 1.44. The minimum absolute atomic E-state index is 0.0893. The Kier molecular flexibility index (Phi) is 5.64. The molecule has 0 aromatic carbocycles. The summed E-state index contributed by atoms with van der Waals surface area (Å²) in [5, 5.41) is 5.74. The van der Waals surface area contributed by atoms with Crippen molar-refractivity contribution in [2.75, 3.05) is 34.8 Å². The van der Waals surface area contributed by atoms with Crippen molar-refractivity contribution >= 4 is 40.5 Å². The lowest BCUT2D eigenvalue weighted by molar-refractivity contribution is -0.115. The van der Waals surface area contributed by atoms with Crippen molar-refractivity contribution in [1.82, 2.24) is 15.0 Å². The van der Waals surface area contributed by atoms with Gasteiger partial charge in [0.05, 0.1) is 23.5 Å². The molecule has 0 radical (unpaired) electrons. The first kappa shape index (κ1) is 17.9. The molecular formula is C19H19N5OS2. The summed E-state index contributed by atoms with van der Waals surface area (Å²) in [6.45, 7) is 1.90. The molecule has 1 aliphatic rings. The third-order valence-corrected chi connectivity index (χ3v) is 6.00. The van der Waals surface area contributed by atoms with Crippen LogP contribution in [0, 0.1) is 0 Å². The zero-order chi connectivity index (χ0) is 18.5. The van der Waals surface area contributed by atoms with Crippen LogP contribution >= 0.6 is 23.1 Å². The molecule has 3 aromatic heterocycles. The first-order valence-corrected chi connectivity index (χ1v) is 10.8. The number of rotatable bonds is 5. The summed E-state index contributed by atoms with van der Waals surface area (Å²) in [6.07, 6.45) is 3.74. The van der Waals surface area contributed by atoms with E-state index in [9.17, 15) is 4.79 Å². The van der Waals surface area contributed by atoms with Crippen molar-refractivity contribution in [3.05, 3.63) is 53.8 Å². The first-order valence-electron chi connectivity index (χ1n) is 8.73. The van der Waals surface area contributed by atoms with Gasteiger partial charge < -0.3 is 10.2 Å². The summed E-state index contributed by atoms with van der Waals surface area (Å²) in [5.41, 5.74) is 2.33. The molecule has 6 nitrogen and oxygen atoms in total. The third kappa shape index (κ3) is 4.45. The van der Waals surface area contributed by atoms with Crippen LogP contribution in [0.4, 0.5) is 11.5 Å². The topological polar surface area (TPSA) is 71.0 Å². The number of hydrogen-bond donors (Lipinski definition) is 1. The van der Waals surface area contributed by atoms with E-state index >= 15 is 0 Å². The SMILES string of the molecule is O=C(Cc1csc(-c2ccccn2)n1)Nc1cccnc1N1CCSCC1. The maximum Gasteiger partial charge on any atom is 0.230 e. The Labute approximate surface area is 166 Å². The van der Waals surface area contributed by atoms with Crippen LogP contribution in [0.3, 0.4) is 0 Å². The average molecular weight is 398 g/mol. The number of thiazole rings is 1. The Morgan fingerprint density at radius 1 is 1.11 bits per heavy atom. The quantitative estimate of drug-likeness (QED) is 0.712. The smallest absolute Gasteiger partial charge is 0.230 e. The highest BCUT2D eigenvalue weighted by Crippen LogP contribution is 2.26. The second-order valence-corrected chi connectivity index (χ2v) is 8.14. The zero-order valence-corrected chi connectivity index (χ0v) is 16.3. The number of anilines is 2. The van der Waals surface area contributed by atoms with Gasteiger partial charge in [0, 0.05) is 42.4 Å². The molecule has 3 aromatic rings. The van der Waals surface area contributed by atoms with E-state index < -0.39 is 0 Å². The number of hydrogen-bond acceptors (Lipinski definition) is 7. The van der Waals surface area contributed by atoms with Gasteiger partial charge in [-0.2, -0.15) is 11.8 Å². The van der Waals surface area contributed by atoms with Crippen LogP contribution in [0.5, 0.6) is 0 Å². The highest BCUT2D eigenvalue weighted by Gasteiger charge is 2.17. The fourth-order valence-corrected chi connectivity index (χ4v) is 4.57. The van der Waals surface area contributed by atoms with E-state index in [0.29, 0.717) is 0 Å². The van der Waals surface area contributed by atoms with Crippen molar-refractivity contribution in [1.29, 1.82) is 0 Å². The molecule has 1 N–H and O–H groups in total. The van der Waals surface area contributed by atoms with E-state index in [-0.39, 0.29) is 12.3 Å². The predicted molar refractivity (Wildman–Crippen MR) is 111 cm³/mol. The number of carbonyl (C=O) groups is 1. The molecule has 27 heavy (non-hydrogen) atoms. The Morgan fingerprint density at radius 3 is 2.78 bits per heavy atom. The van der Waals surface area contributed by atoms with Gasteiger partial charge in [0.25, 0.3) is 0 Å². The third-order valence-electron chi connectivity index (χ3n) is 4.15. The fourth-order valence-electron chi connectivity index (χ4n) is 2.88. The standard InChI is InChI=1S/C19H19N5OS2/c25-17(12-14-13-27-19(22-14)16-4-1-2-6-20-16)23-15-5-3-7-21-18(15)24-8-10-26-11-9-24/h1-7,13H,8-12H2,(H,23,25). The summed E-state index contributed by atoms with van der Waals surface area (Å²) in [5.74, 6) is 2.92. The van der Waals surface area contributed by atoms with E-state index in [0.717, 1.165) is 52.5 Å². The van der Waals surface area contributed by atoms with Crippen LogP contribution in [-0.2, 0) is 11.2 Å². The molecular weight excluding hydrogens is 378 g/mol. The van der Waals surface area contributed by atoms with Crippen molar-refractivity contribution in [3.63, 3.8) is 0 Å². The largest absolute Gasteiger partial charge is 0.353 e. The number of nitrogens with zero attached hydrogens (tertiary/aromatic N) is 4. The van der Waals surface area contributed by atoms with E-state index in [4.69, 9.17) is 0 Å². The molecule has 0 bridgehead atoms. The van der Waals surface area contributed by atoms with E-state index in [2.05, 4.69) is 25.2 Å². The number of aromatic nitrogens is 3. The highest BCUT2D eigenvalue weighted by atomic mass is 32.2. The average Bonchev–Trinajstić information content (AvgIpc) is 3.18. The molecule has 138 valence electrons. The fraction of sp³-hybridized carbons (Fsp3) is 0.263. The van der Waals surface area contributed by atoms with Crippen LogP contribution in [0.25, 0.3) is 10.7 Å². The minimum Gasteiger partial charge on any atom is -0.353 e. The molecule has 1 fully saturated rings. The molecule has 0 unspecified atom stereocenters. The number of pyridine rings is 2. The highest BCUT2D eigenvalue weighted by molar-refractivity contribution is 7.99. The van der Waals surface area contributed by atoms with Crippen molar-refractivity contribution in [2.45, 2.75) is 6.42 Å². The normalized spacial score (nSPS) is 14.1. The summed E-state index contributed by atoms with van der Waals surface area (Å²) in [6, 6.07) is 9.47. The van der Waals surface area contributed by atoms with Gasteiger partial charge in [-0.3, -0.25) is 9.78 Å². The zero-order valence-electron chi connectivity index (χ0n) is 14.7. The molecule has 0 saturated carbocycles. The van der Waals surface area contributed by atoms with Crippen LogP contribution in [0.15, 0.2) is 48.1 Å². The molecule has 4 rings (SSSR count). The number of nitrogens with one attached hydrogen (secondary N) is 1. The monoisotopic (exact) mass is 397 g/mol. The van der Waals surface area contributed by atoms with E-state index in [1.807, 2.05) is 47.5 Å². The lowest BCUT2D eigenvalue weighted by atomic mass is 10.3. The molecule has 8 heteroatoms. The predicted octanol–water partition coefficient (Wildman–Crippen LogP) is 3.33. The Hall–Kier alpha value is -2.45. The van der Waals surface area contributed by atoms with Gasteiger partial charge in [-0.15, -0.1) is 11.3 Å². The first-order chi connectivity index (χ1) is 13.3. The summed E-state index contributed by atoms with van der Waals surface area (Å²) in [7, 11) is 0. The van der Waals surface area contributed by atoms with Crippen molar-refractivity contribution < 1.29 is 4.79 Å². The van der Waals surface area contributed by atoms with Gasteiger partial charge in [0.2, 0.25) is 5.91 Å².